The maximum atomic E-state index is 5.66. The summed E-state index contributed by atoms with van der Waals surface area (Å²) in [5.74, 6) is 1.55. The van der Waals surface area contributed by atoms with E-state index in [1.54, 1.807) is 18.3 Å². The minimum absolute atomic E-state index is 0.432. The van der Waals surface area contributed by atoms with Crippen LogP contribution in [-0.2, 0) is 6.42 Å². The van der Waals surface area contributed by atoms with Crippen molar-refractivity contribution in [3.63, 3.8) is 0 Å². The Bertz CT molecular complexity index is 779. The smallest absolute Gasteiger partial charge is 0.258 e. The fourth-order valence-electron chi connectivity index (χ4n) is 2.12. The topological polar surface area (TPSA) is 77.8 Å². The summed E-state index contributed by atoms with van der Waals surface area (Å²) in [6, 6.07) is 9.85. The van der Waals surface area contributed by atoms with E-state index in [0.717, 1.165) is 5.56 Å². The van der Waals surface area contributed by atoms with Gasteiger partial charge in [0, 0.05) is 18.2 Å². The second kappa shape index (κ2) is 5.36. The Morgan fingerprint density at radius 1 is 1.10 bits per heavy atom. The zero-order valence-corrected chi connectivity index (χ0v) is 12.0. The lowest BCUT2D eigenvalue weighted by Crippen LogP contribution is -1.93. The summed E-state index contributed by atoms with van der Waals surface area (Å²) >= 11 is 0. The van der Waals surface area contributed by atoms with Crippen molar-refractivity contribution in [2.75, 3.05) is 5.73 Å². The average molecular weight is 280 g/mol. The number of nitrogens with two attached hydrogens (primary N) is 1. The predicted molar refractivity (Wildman–Crippen MR) is 80.7 cm³/mol. The Hall–Kier alpha value is -2.69. The number of rotatable bonds is 3. The molecule has 0 saturated heterocycles. The van der Waals surface area contributed by atoms with Crippen LogP contribution in [-0.4, -0.2) is 15.1 Å². The number of benzene rings is 1. The largest absolute Gasteiger partial charge is 0.384 e. The maximum Gasteiger partial charge on any atom is 0.258 e. The van der Waals surface area contributed by atoms with Crippen LogP contribution in [0.3, 0.4) is 0 Å². The molecule has 0 saturated carbocycles. The van der Waals surface area contributed by atoms with E-state index in [1.165, 1.54) is 16.7 Å². The Morgan fingerprint density at radius 2 is 1.95 bits per heavy atom. The third kappa shape index (κ3) is 2.91. The minimum Gasteiger partial charge on any atom is -0.384 e. The molecule has 0 aliphatic rings. The molecule has 2 heterocycles. The first-order chi connectivity index (χ1) is 10.1. The van der Waals surface area contributed by atoms with Gasteiger partial charge in [0.15, 0.2) is 5.82 Å². The maximum absolute atomic E-state index is 5.66. The van der Waals surface area contributed by atoms with Crippen LogP contribution >= 0.6 is 0 Å². The van der Waals surface area contributed by atoms with Gasteiger partial charge in [0.1, 0.15) is 5.82 Å². The van der Waals surface area contributed by atoms with Gasteiger partial charge < -0.3 is 10.3 Å². The Morgan fingerprint density at radius 3 is 2.71 bits per heavy atom. The lowest BCUT2D eigenvalue weighted by atomic mass is 10.0. The van der Waals surface area contributed by atoms with Gasteiger partial charge in [0.05, 0.1) is 0 Å². The summed E-state index contributed by atoms with van der Waals surface area (Å²) in [5.41, 5.74) is 10.1. The highest BCUT2D eigenvalue weighted by Crippen LogP contribution is 2.19. The average Bonchev–Trinajstić information content (AvgIpc) is 2.91. The molecule has 0 aliphatic carbocycles. The molecule has 5 nitrogen and oxygen atoms in total. The monoisotopic (exact) mass is 280 g/mol. The molecule has 2 N–H and O–H groups in total. The van der Waals surface area contributed by atoms with Gasteiger partial charge in [-0.05, 0) is 42.7 Å². The van der Waals surface area contributed by atoms with Crippen molar-refractivity contribution in [3.05, 3.63) is 59.0 Å². The summed E-state index contributed by atoms with van der Waals surface area (Å²) in [5, 5.41) is 4.02. The standard InChI is InChI=1S/C16H16N4O/c1-10-3-4-12(7-11(10)2)8-15-19-16(21-20-15)13-5-6-18-14(17)9-13/h3-7,9H,8H2,1-2H3,(H2,17,18). The number of aromatic nitrogens is 3. The number of nitrogen functional groups attached to an aromatic ring is 1. The molecule has 106 valence electrons. The molecule has 3 rings (SSSR count). The first-order valence-corrected chi connectivity index (χ1v) is 6.72. The van der Waals surface area contributed by atoms with Gasteiger partial charge in [-0.3, -0.25) is 0 Å². The van der Waals surface area contributed by atoms with Crippen LogP contribution in [0.2, 0.25) is 0 Å². The third-order valence-corrected chi connectivity index (χ3v) is 3.43. The van der Waals surface area contributed by atoms with Crippen molar-refractivity contribution < 1.29 is 4.52 Å². The number of anilines is 1. The molecule has 0 atom stereocenters. The fourth-order valence-corrected chi connectivity index (χ4v) is 2.12. The molecule has 1 aromatic carbocycles. The van der Waals surface area contributed by atoms with Gasteiger partial charge >= 0.3 is 0 Å². The number of hydrogen-bond donors (Lipinski definition) is 1. The van der Waals surface area contributed by atoms with Crippen molar-refractivity contribution in [2.24, 2.45) is 0 Å². The fraction of sp³-hybridized carbons (Fsp3) is 0.188. The first-order valence-electron chi connectivity index (χ1n) is 6.72. The molecule has 0 unspecified atom stereocenters. The van der Waals surface area contributed by atoms with Crippen LogP contribution in [0, 0.1) is 13.8 Å². The summed E-state index contributed by atoms with van der Waals surface area (Å²) in [7, 11) is 0. The van der Waals surface area contributed by atoms with Crippen molar-refractivity contribution in [1.29, 1.82) is 0 Å². The Kier molecular flexibility index (Phi) is 3.39. The second-order valence-electron chi connectivity index (χ2n) is 5.08. The van der Waals surface area contributed by atoms with Gasteiger partial charge in [0.25, 0.3) is 5.89 Å². The van der Waals surface area contributed by atoms with Crippen LogP contribution < -0.4 is 5.73 Å². The molecular formula is C16H16N4O. The number of hydrogen-bond acceptors (Lipinski definition) is 5. The molecular weight excluding hydrogens is 264 g/mol. The lowest BCUT2D eigenvalue weighted by Gasteiger charge is -2.02. The van der Waals surface area contributed by atoms with E-state index < -0.39 is 0 Å². The van der Waals surface area contributed by atoms with Crippen LogP contribution in [0.4, 0.5) is 5.82 Å². The van der Waals surface area contributed by atoms with Gasteiger partial charge in [-0.15, -0.1) is 0 Å². The second-order valence-corrected chi connectivity index (χ2v) is 5.08. The molecule has 0 bridgehead atoms. The highest BCUT2D eigenvalue weighted by atomic mass is 16.5. The van der Waals surface area contributed by atoms with Gasteiger partial charge in [-0.2, -0.15) is 4.98 Å². The van der Waals surface area contributed by atoms with Crippen LogP contribution in [0.25, 0.3) is 11.5 Å². The SMILES string of the molecule is Cc1ccc(Cc2noc(-c3ccnc(N)c3)n2)cc1C. The molecule has 0 fully saturated rings. The van der Waals surface area contributed by atoms with E-state index in [1.807, 2.05) is 0 Å². The van der Waals surface area contributed by atoms with Crippen molar-refractivity contribution >= 4 is 5.82 Å². The summed E-state index contributed by atoms with van der Waals surface area (Å²) in [6.07, 6.45) is 2.27. The normalized spacial score (nSPS) is 10.8. The summed E-state index contributed by atoms with van der Waals surface area (Å²) < 4.78 is 5.29. The third-order valence-electron chi connectivity index (χ3n) is 3.43. The molecule has 3 aromatic rings. The molecule has 5 heteroatoms. The summed E-state index contributed by atoms with van der Waals surface area (Å²) in [6.45, 7) is 4.19. The summed E-state index contributed by atoms with van der Waals surface area (Å²) in [4.78, 5) is 8.35. The highest BCUT2D eigenvalue weighted by Gasteiger charge is 2.10. The van der Waals surface area contributed by atoms with Gasteiger partial charge in [-0.1, -0.05) is 23.4 Å². The van der Waals surface area contributed by atoms with Crippen LogP contribution in [0.15, 0.2) is 41.1 Å². The molecule has 0 amide bonds. The minimum atomic E-state index is 0.432. The first kappa shape index (κ1) is 13.3. The number of nitrogens with zero attached hydrogens (tertiary/aromatic N) is 3. The molecule has 2 aromatic heterocycles. The lowest BCUT2D eigenvalue weighted by molar-refractivity contribution is 0.424. The van der Waals surface area contributed by atoms with E-state index >= 15 is 0 Å². The zero-order valence-electron chi connectivity index (χ0n) is 12.0. The van der Waals surface area contributed by atoms with E-state index in [0.29, 0.717) is 24.0 Å². The van der Waals surface area contributed by atoms with Gasteiger partial charge in [0.2, 0.25) is 0 Å². The van der Waals surface area contributed by atoms with Crippen molar-refractivity contribution in [2.45, 2.75) is 20.3 Å². The molecule has 21 heavy (non-hydrogen) atoms. The van der Waals surface area contributed by atoms with E-state index in [9.17, 15) is 0 Å². The molecule has 0 radical (unpaired) electrons. The van der Waals surface area contributed by atoms with Crippen molar-refractivity contribution in [3.8, 4) is 11.5 Å². The van der Waals surface area contributed by atoms with Gasteiger partial charge in [-0.25, -0.2) is 4.98 Å². The van der Waals surface area contributed by atoms with Crippen molar-refractivity contribution in [1.82, 2.24) is 15.1 Å². The highest BCUT2D eigenvalue weighted by molar-refractivity contribution is 5.56. The predicted octanol–water partition coefficient (Wildman–Crippen LogP) is 2.92. The van der Waals surface area contributed by atoms with E-state index in [-0.39, 0.29) is 0 Å². The van der Waals surface area contributed by atoms with E-state index in [4.69, 9.17) is 10.3 Å². The molecule has 0 aliphatic heterocycles. The van der Waals surface area contributed by atoms with Crippen LogP contribution in [0.5, 0.6) is 0 Å². The van der Waals surface area contributed by atoms with E-state index in [2.05, 4.69) is 47.2 Å². The Labute approximate surface area is 122 Å². The van der Waals surface area contributed by atoms with Crippen LogP contribution in [0.1, 0.15) is 22.5 Å². The molecule has 0 spiro atoms. The quantitative estimate of drug-likeness (QED) is 0.798. The zero-order chi connectivity index (χ0) is 14.8. The number of aryl methyl sites for hydroxylation is 2. The number of pyridine rings is 1. The Balaban J connectivity index is 1.83.